The van der Waals surface area contributed by atoms with Crippen LogP contribution in [-0.4, -0.2) is 30.1 Å². The van der Waals surface area contributed by atoms with Gasteiger partial charge in [0.15, 0.2) is 0 Å². The largest absolute Gasteiger partial charge is 0.312 e. The molecular formula is C17H24Cl2N2. The van der Waals surface area contributed by atoms with Gasteiger partial charge in [0.1, 0.15) is 0 Å². The van der Waals surface area contributed by atoms with Crippen LogP contribution in [0.2, 0.25) is 10.0 Å². The fraction of sp³-hybridized carbons (Fsp3) is 0.647. The third-order valence-electron chi connectivity index (χ3n) is 5.08. The molecule has 1 aromatic carbocycles. The summed E-state index contributed by atoms with van der Waals surface area (Å²) in [7, 11) is 0. The fourth-order valence-electron chi connectivity index (χ4n) is 3.95. The highest BCUT2D eigenvalue weighted by Crippen LogP contribution is 2.36. The van der Waals surface area contributed by atoms with Gasteiger partial charge in [0.25, 0.3) is 0 Å². The molecule has 3 unspecified atom stereocenters. The van der Waals surface area contributed by atoms with Crippen molar-refractivity contribution in [2.45, 2.75) is 57.2 Å². The average molecular weight is 327 g/mol. The van der Waals surface area contributed by atoms with E-state index in [1.165, 1.54) is 38.6 Å². The van der Waals surface area contributed by atoms with Crippen molar-refractivity contribution in [2.24, 2.45) is 0 Å². The number of likely N-dealkylation sites (tertiary alicyclic amines) is 1. The summed E-state index contributed by atoms with van der Waals surface area (Å²) in [5.74, 6) is 0. The molecule has 2 saturated heterocycles. The van der Waals surface area contributed by atoms with E-state index in [-0.39, 0.29) is 0 Å². The Kier molecular flexibility index (Phi) is 5.11. The molecule has 0 bridgehead atoms. The van der Waals surface area contributed by atoms with Crippen LogP contribution in [0.15, 0.2) is 18.2 Å². The predicted octanol–water partition coefficient (Wildman–Crippen LogP) is 4.66. The van der Waals surface area contributed by atoms with E-state index in [1.807, 2.05) is 12.1 Å². The molecule has 0 aromatic heterocycles. The van der Waals surface area contributed by atoms with Crippen molar-refractivity contribution >= 4 is 23.2 Å². The minimum atomic E-state index is 0.323. The van der Waals surface area contributed by atoms with Crippen molar-refractivity contribution in [1.29, 1.82) is 0 Å². The smallest absolute Gasteiger partial charge is 0.0640 e. The molecule has 2 nitrogen and oxygen atoms in total. The Balaban J connectivity index is 1.83. The van der Waals surface area contributed by atoms with Crippen LogP contribution in [0.5, 0.6) is 0 Å². The summed E-state index contributed by atoms with van der Waals surface area (Å²) in [4.78, 5) is 2.64. The zero-order valence-electron chi connectivity index (χ0n) is 12.6. The predicted molar refractivity (Wildman–Crippen MR) is 90.2 cm³/mol. The lowest BCUT2D eigenvalue weighted by Gasteiger charge is -2.43. The molecule has 21 heavy (non-hydrogen) atoms. The molecule has 4 heteroatoms. The molecule has 2 fully saturated rings. The normalized spacial score (nSPS) is 28.7. The summed E-state index contributed by atoms with van der Waals surface area (Å²) >= 11 is 12.6. The van der Waals surface area contributed by atoms with E-state index >= 15 is 0 Å². The Morgan fingerprint density at radius 3 is 2.81 bits per heavy atom. The van der Waals surface area contributed by atoms with E-state index in [4.69, 9.17) is 23.2 Å². The SMILES string of the molecule is CC(c1cccc(Cl)c1Cl)N1CCCCC1C1CCCN1. The first kappa shape index (κ1) is 15.6. The molecule has 0 aliphatic carbocycles. The molecule has 3 atom stereocenters. The second-order valence-corrected chi connectivity index (χ2v) is 7.11. The van der Waals surface area contributed by atoms with E-state index in [2.05, 4.69) is 23.2 Å². The van der Waals surface area contributed by atoms with E-state index in [0.717, 1.165) is 17.1 Å². The van der Waals surface area contributed by atoms with Gasteiger partial charge >= 0.3 is 0 Å². The average Bonchev–Trinajstić information content (AvgIpc) is 3.03. The van der Waals surface area contributed by atoms with E-state index < -0.39 is 0 Å². The standard InChI is InChI=1S/C17H24Cl2N2/c1-12(13-6-4-7-14(18)17(13)19)21-11-3-2-9-16(21)15-8-5-10-20-15/h4,6-7,12,15-16,20H,2-3,5,8-11H2,1H3. The van der Waals surface area contributed by atoms with Crippen molar-refractivity contribution < 1.29 is 0 Å². The maximum Gasteiger partial charge on any atom is 0.0640 e. The summed E-state index contributed by atoms with van der Waals surface area (Å²) in [6, 6.07) is 7.59. The van der Waals surface area contributed by atoms with Crippen LogP contribution < -0.4 is 5.32 Å². The van der Waals surface area contributed by atoms with Gasteiger partial charge in [-0.1, -0.05) is 41.8 Å². The Bertz CT molecular complexity index is 486. The van der Waals surface area contributed by atoms with Crippen LogP contribution in [0.3, 0.4) is 0 Å². The maximum atomic E-state index is 6.44. The number of hydrogen-bond acceptors (Lipinski definition) is 2. The Hall–Kier alpha value is -0.280. The van der Waals surface area contributed by atoms with Crippen LogP contribution in [0, 0.1) is 0 Å². The van der Waals surface area contributed by atoms with Crippen molar-refractivity contribution in [3.8, 4) is 0 Å². The highest BCUT2D eigenvalue weighted by molar-refractivity contribution is 6.42. The molecule has 0 spiro atoms. The lowest BCUT2D eigenvalue weighted by Crippen LogP contribution is -2.50. The monoisotopic (exact) mass is 326 g/mol. The molecule has 2 heterocycles. The number of piperidine rings is 1. The molecular weight excluding hydrogens is 303 g/mol. The number of rotatable bonds is 3. The van der Waals surface area contributed by atoms with Gasteiger partial charge in [0, 0.05) is 18.1 Å². The van der Waals surface area contributed by atoms with Crippen molar-refractivity contribution in [1.82, 2.24) is 10.2 Å². The highest BCUT2D eigenvalue weighted by atomic mass is 35.5. The van der Waals surface area contributed by atoms with Gasteiger partial charge < -0.3 is 5.32 Å². The lowest BCUT2D eigenvalue weighted by molar-refractivity contribution is 0.0803. The van der Waals surface area contributed by atoms with Crippen LogP contribution >= 0.6 is 23.2 Å². The Morgan fingerprint density at radius 1 is 1.19 bits per heavy atom. The van der Waals surface area contributed by atoms with Crippen molar-refractivity contribution in [3.63, 3.8) is 0 Å². The van der Waals surface area contributed by atoms with Crippen molar-refractivity contribution in [2.75, 3.05) is 13.1 Å². The van der Waals surface area contributed by atoms with Gasteiger partial charge in [-0.3, -0.25) is 4.90 Å². The molecule has 3 rings (SSSR count). The zero-order chi connectivity index (χ0) is 14.8. The van der Waals surface area contributed by atoms with Crippen LogP contribution in [0.1, 0.15) is 50.6 Å². The Morgan fingerprint density at radius 2 is 2.05 bits per heavy atom. The first-order chi connectivity index (χ1) is 10.2. The number of halogens is 2. The van der Waals surface area contributed by atoms with Crippen LogP contribution in [0.25, 0.3) is 0 Å². The first-order valence-electron chi connectivity index (χ1n) is 8.11. The van der Waals surface area contributed by atoms with Crippen LogP contribution in [0.4, 0.5) is 0 Å². The summed E-state index contributed by atoms with van der Waals surface area (Å²) in [6.07, 6.45) is 6.53. The lowest BCUT2D eigenvalue weighted by atomic mass is 9.91. The van der Waals surface area contributed by atoms with Gasteiger partial charge in [-0.05, 0) is 57.3 Å². The quantitative estimate of drug-likeness (QED) is 0.868. The maximum absolute atomic E-state index is 6.44. The summed E-state index contributed by atoms with van der Waals surface area (Å²) < 4.78 is 0. The third-order valence-corrected chi connectivity index (χ3v) is 5.92. The van der Waals surface area contributed by atoms with Gasteiger partial charge in [-0.2, -0.15) is 0 Å². The second kappa shape index (κ2) is 6.87. The molecule has 0 amide bonds. The highest BCUT2D eigenvalue weighted by Gasteiger charge is 2.34. The third kappa shape index (κ3) is 3.24. The fourth-order valence-corrected chi connectivity index (χ4v) is 4.42. The summed E-state index contributed by atoms with van der Waals surface area (Å²) in [5.41, 5.74) is 1.16. The molecule has 0 saturated carbocycles. The minimum Gasteiger partial charge on any atom is -0.312 e. The number of nitrogens with zero attached hydrogens (tertiary/aromatic N) is 1. The minimum absolute atomic E-state index is 0.323. The molecule has 116 valence electrons. The van der Waals surface area contributed by atoms with Gasteiger partial charge in [-0.15, -0.1) is 0 Å². The molecule has 2 aliphatic rings. The van der Waals surface area contributed by atoms with E-state index in [0.29, 0.717) is 23.1 Å². The van der Waals surface area contributed by atoms with E-state index in [9.17, 15) is 0 Å². The molecule has 0 radical (unpaired) electrons. The number of hydrogen-bond donors (Lipinski definition) is 1. The number of nitrogens with one attached hydrogen (secondary N) is 1. The van der Waals surface area contributed by atoms with Crippen molar-refractivity contribution in [3.05, 3.63) is 33.8 Å². The van der Waals surface area contributed by atoms with Gasteiger partial charge in [0.2, 0.25) is 0 Å². The van der Waals surface area contributed by atoms with Gasteiger partial charge in [0.05, 0.1) is 10.0 Å². The summed E-state index contributed by atoms with van der Waals surface area (Å²) in [5, 5.41) is 5.07. The molecule has 1 aromatic rings. The molecule has 1 N–H and O–H groups in total. The zero-order valence-corrected chi connectivity index (χ0v) is 14.1. The molecule has 2 aliphatic heterocycles. The summed E-state index contributed by atoms with van der Waals surface area (Å²) in [6.45, 7) is 4.60. The number of benzene rings is 1. The topological polar surface area (TPSA) is 15.3 Å². The van der Waals surface area contributed by atoms with Crippen LogP contribution in [-0.2, 0) is 0 Å². The first-order valence-corrected chi connectivity index (χ1v) is 8.87. The van der Waals surface area contributed by atoms with Gasteiger partial charge in [-0.25, -0.2) is 0 Å². The Labute approximate surface area is 137 Å². The second-order valence-electron chi connectivity index (χ2n) is 6.32. The van der Waals surface area contributed by atoms with E-state index in [1.54, 1.807) is 0 Å².